The lowest BCUT2D eigenvalue weighted by Gasteiger charge is -2.14. The van der Waals surface area contributed by atoms with E-state index in [9.17, 15) is 14.9 Å². The van der Waals surface area contributed by atoms with Crippen LogP contribution in [0.15, 0.2) is 48.0 Å². The third-order valence-electron chi connectivity index (χ3n) is 5.42. The van der Waals surface area contributed by atoms with Crippen LogP contribution in [0.25, 0.3) is 11.8 Å². The van der Waals surface area contributed by atoms with Crippen molar-refractivity contribution >= 4 is 35.2 Å². The second kappa shape index (κ2) is 9.76. The molecule has 7 heteroatoms. The van der Waals surface area contributed by atoms with Gasteiger partial charge in [-0.25, -0.2) is 4.79 Å². The largest absolute Gasteiger partial charge is 0.465 e. The van der Waals surface area contributed by atoms with Gasteiger partial charge in [0.25, 0.3) is 5.91 Å². The number of hydrogen-bond acceptors (Lipinski definition) is 4. The summed E-state index contributed by atoms with van der Waals surface area (Å²) in [6.07, 6.45) is 1.57. The Morgan fingerprint density at radius 2 is 1.79 bits per heavy atom. The van der Waals surface area contributed by atoms with E-state index >= 15 is 0 Å². The van der Waals surface area contributed by atoms with Crippen molar-refractivity contribution in [3.8, 4) is 11.8 Å². The van der Waals surface area contributed by atoms with Gasteiger partial charge in [-0.15, -0.1) is 0 Å². The maximum Gasteiger partial charge on any atom is 0.337 e. The van der Waals surface area contributed by atoms with E-state index in [1.807, 2.05) is 50.5 Å². The van der Waals surface area contributed by atoms with E-state index in [4.69, 9.17) is 16.3 Å². The van der Waals surface area contributed by atoms with E-state index < -0.39 is 11.9 Å². The summed E-state index contributed by atoms with van der Waals surface area (Å²) in [7, 11) is 1.35. The summed E-state index contributed by atoms with van der Waals surface area (Å²) >= 11 is 6.13. The van der Waals surface area contributed by atoms with Crippen LogP contribution in [0.2, 0.25) is 5.02 Å². The van der Waals surface area contributed by atoms with Crippen LogP contribution in [0.4, 0.5) is 5.69 Å². The van der Waals surface area contributed by atoms with Gasteiger partial charge in [0.15, 0.2) is 0 Å². The van der Waals surface area contributed by atoms with Crippen molar-refractivity contribution in [3.63, 3.8) is 0 Å². The first-order valence-electron chi connectivity index (χ1n) is 10.2. The highest BCUT2D eigenvalue weighted by Gasteiger charge is 2.16. The maximum atomic E-state index is 12.7. The molecule has 0 aliphatic carbocycles. The van der Waals surface area contributed by atoms with Crippen molar-refractivity contribution in [1.82, 2.24) is 4.57 Å². The molecule has 0 saturated carbocycles. The number of amides is 1. The lowest BCUT2D eigenvalue weighted by molar-refractivity contribution is -0.112. The lowest BCUT2D eigenvalue weighted by Crippen LogP contribution is -2.13. The molecule has 168 valence electrons. The fourth-order valence-corrected chi connectivity index (χ4v) is 3.81. The van der Waals surface area contributed by atoms with Crippen molar-refractivity contribution < 1.29 is 14.3 Å². The number of nitriles is 1. The van der Waals surface area contributed by atoms with Crippen molar-refractivity contribution in [3.05, 3.63) is 86.7 Å². The summed E-state index contributed by atoms with van der Waals surface area (Å²) in [4.78, 5) is 24.5. The molecule has 1 heterocycles. The van der Waals surface area contributed by atoms with Gasteiger partial charge < -0.3 is 14.6 Å². The van der Waals surface area contributed by atoms with Gasteiger partial charge in [0.1, 0.15) is 11.6 Å². The molecular formula is C26H24ClN3O3. The number of carbonyl (C=O) groups excluding carboxylic acids is 2. The summed E-state index contributed by atoms with van der Waals surface area (Å²) in [5.41, 5.74) is 6.19. The fourth-order valence-electron chi connectivity index (χ4n) is 3.63. The Labute approximate surface area is 198 Å². The average Bonchev–Trinajstić information content (AvgIpc) is 3.06. The number of halogens is 1. The Bertz CT molecular complexity index is 1330. The molecule has 0 spiro atoms. The first kappa shape index (κ1) is 23.8. The normalized spacial score (nSPS) is 11.1. The van der Waals surface area contributed by atoms with Crippen LogP contribution in [-0.4, -0.2) is 23.6 Å². The number of benzene rings is 2. The van der Waals surface area contributed by atoms with Gasteiger partial charge in [-0.1, -0.05) is 17.7 Å². The molecule has 3 aromatic rings. The molecule has 0 aliphatic heterocycles. The summed E-state index contributed by atoms with van der Waals surface area (Å²) in [6.45, 7) is 7.64. The van der Waals surface area contributed by atoms with Gasteiger partial charge in [-0.3, -0.25) is 4.79 Å². The molecule has 0 unspecified atom stereocenters. The Hall–Kier alpha value is -3.82. The molecule has 0 saturated heterocycles. The standard InChI is InChI=1S/C26H24ClN3O3/c1-15-6-8-22(13-23(15)27)29-25(31)21(14-28)12-20-11-17(3)30(18(20)4)24-9-7-19(10-16(24)2)26(32)33-5/h6-13H,1-5H3,(H,29,31)/b21-12-. The minimum absolute atomic E-state index is 0.0234. The van der Waals surface area contributed by atoms with E-state index in [2.05, 4.69) is 5.32 Å². The molecule has 0 radical (unpaired) electrons. The molecule has 0 bridgehead atoms. The van der Waals surface area contributed by atoms with Crippen LogP contribution in [0.3, 0.4) is 0 Å². The summed E-state index contributed by atoms with van der Waals surface area (Å²) in [5, 5.41) is 12.9. The number of anilines is 1. The SMILES string of the molecule is COC(=O)c1ccc(-n2c(C)cc(/C=C(/C#N)C(=O)Nc3ccc(C)c(Cl)c3)c2C)c(C)c1. The molecule has 6 nitrogen and oxygen atoms in total. The zero-order valence-corrected chi connectivity index (χ0v) is 19.9. The second-order valence-electron chi connectivity index (χ2n) is 7.74. The summed E-state index contributed by atoms with van der Waals surface area (Å²) < 4.78 is 6.82. The third-order valence-corrected chi connectivity index (χ3v) is 5.83. The second-order valence-corrected chi connectivity index (χ2v) is 8.15. The molecule has 0 atom stereocenters. The topological polar surface area (TPSA) is 84.1 Å². The highest BCUT2D eigenvalue weighted by Crippen LogP contribution is 2.26. The number of hydrogen-bond donors (Lipinski definition) is 1. The maximum absolute atomic E-state index is 12.7. The molecule has 1 N–H and O–H groups in total. The van der Waals surface area contributed by atoms with Crippen molar-refractivity contribution in [2.24, 2.45) is 0 Å². The van der Waals surface area contributed by atoms with Crippen LogP contribution < -0.4 is 5.32 Å². The van der Waals surface area contributed by atoms with Gasteiger partial charge in [-0.05, 0) is 86.9 Å². The molecule has 0 fully saturated rings. The van der Waals surface area contributed by atoms with E-state index in [1.165, 1.54) is 7.11 Å². The number of aryl methyl sites for hydroxylation is 3. The van der Waals surface area contributed by atoms with Gasteiger partial charge in [0.05, 0.1) is 12.7 Å². The van der Waals surface area contributed by atoms with Crippen molar-refractivity contribution in [1.29, 1.82) is 5.26 Å². The Morgan fingerprint density at radius 1 is 1.06 bits per heavy atom. The van der Waals surface area contributed by atoms with Crippen LogP contribution in [0, 0.1) is 39.0 Å². The van der Waals surface area contributed by atoms with E-state index in [1.54, 1.807) is 36.4 Å². The van der Waals surface area contributed by atoms with Gasteiger partial charge >= 0.3 is 5.97 Å². The van der Waals surface area contributed by atoms with Crippen LogP contribution >= 0.6 is 11.6 Å². The predicted molar refractivity (Wildman–Crippen MR) is 130 cm³/mol. The van der Waals surface area contributed by atoms with Gasteiger partial charge in [-0.2, -0.15) is 5.26 Å². The molecule has 1 amide bonds. The van der Waals surface area contributed by atoms with Crippen LogP contribution in [-0.2, 0) is 9.53 Å². The van der Waals surface area contributed by atoms with Gasteiger partial charge in [0, 0.05) is 27.8 Å². The Morgan fingerprint density at radius 3 is 2.39 bits per heavy atom. The number of nitrogens with one attached hydrogen (secondary N) is 1. The predicted octanol–water partition coefficient (Wildman–Crippen LogP) is 5.70. The highest BCUT2D eigenvalue weighted by atomic mass is 35.5. The molecule has 0 aliphatic rings. The van der Waals surface area contributed by atoms with E-state index in [0.717, 1.165) is 33.8 Å². The highest BCUT2D eigenvalue weighted by molar-refractivity contribution is 6.31. The summed E-state index contributed by atoms with van der Waals surface area (Å²) in [5.74, 6) is -0.908. The molecule has 2 aromatic carbocycles. The zero-order valence-electron chi connectivity index (χ0n) is 19.1. The quantitative estimate of drug-likeness (QED) is 0.300. The molecular weight excluding hydrogens is 438 g/mol. The van der Waals surface area contributed by atoms with E-state index in [0.29, 0.717) is 16.3 Å². The third kappa shape index (κ3) is 5.00. The summed E-state index contributed by atoms with van der Waals surface area (Å²) in [6, 6.07) is 14.4. The number of carbonyl (C=O) groups is 2. The van der Waals surface area contributed by atoms with Crippen LogP contribution in [0.5, 0.6) is 0 Å². The minimum Gasteiger partial charge on any atom is -0.465 e. The van der Waals surface area contributed by atoms with Crippen molar-refractivity contribution in [2.75, 3.05) is 12.4 Å². The number of nitrogens with zero attached hydrogens (tertiary/aromatic N) is 2. The Balaban J connectivity index is 1.95. The first-order chi connectivity index (χ1) is 15.7. The molecule has 1 aromatic heterocycles. The van der Waals surface area contributed by atoms with Crippen LogP contribution in [0.1, 0.15) is 38.4 Å². The van der Waals surface area contributed by atoms with E-state index in [-0.39, 0.29) is 5.57 Å². The number of rotatable bonds is 5. The average molecular weight is 462 g/mol. The minimum atomic E-state index is -0.513. The zero-order chi connectivity index (χ0) is 24.3. The number of esters is 1. The smallest absolute Gasteiger partial charge is 0.337 e. The number of aromatic nitrogens is 1. The van der Waals surface area contributed by atoms with Crippen molar-refractivity contribution in [2.45, 2.75) is 27.7 Å². The first-order valence-corrected chi connectivity index (χ1v) is 10.6. The fraction of sp³-hybridized carbons (Fsp3) is 0.192. The Kier molecular flexibility index (Phi) is 7.05. The molecule has 3 rings (SSSR count). The number of methoxy groups -OCH3 is 1. The molecule has 33 heavy (non-hydrogen) atoms. The lowest BCUT2D eigenvalue weighted by atomic mass is 10.1. The van der Waals surface area contributed by atoms with Gasteiger partial charge in [0.2, 0.25) is 0 Å². The number of ether oxygens (including phenoxy) is 1. The monoisotopic (exact) mass is 461 g/mol.